The standard InChI is InChI=1S/C29H30F2N2O6/c1-4-37-28(34)17-33(12-5-13-35-2)29-23-14-19(6-11-26(23)39-32-29)18-38-21-9-7-20(8-10-21)22-15-24(30)25(31)16-27(22)36-3/h6-11,14-16H,4-5,12-13,17-18H2,1-3H3. The summed E-state index contributed by atoms with van der Waals surface area (Å²) in [5, 5.41) is 4.96. The minimum atomic E-state index is -0.970. The molecule has 0 saturated heterocycles. The summed E-state index contributed by atoms with van der Waals surface area (Å²) in [6.45, 7) is 3.42. The maximum atomic E-state index is 13.8. The molecule has 10 heteroatoms. The van der Waals surface area contributed by atoms with Gasteiger partial charge in [0, 0.05) is 31.9 Å². The Morgan fingerprint density at radius 3 is 2.51 bits per heavy atom. The van der Waals surface area contributed by atoms with Crippen LogP contribution in [-0.4, -0.2) is 51.6 Å². The van der Waals surface area contributed by atoms with Gasteiger partial charge in [0.25, 0.3) is 0 Å². The first kappa shape index (κ1) is 27.8. The molecule has 1 aromatic heterocycles. The van der Waals surface area contributed by atoms with Crippen molar-refractivity contribution in [3.8, 4) is 22.6 Å². The molecule has 4 rings (SSSR count). The monoisotopic (exact) mass is 540 g/mol. The first-order valence-corrected chi connectivity index (χ1v) is 12.5. The SMILES string of the molecule is CCOC(=O)CN(CCCOC)c1noc2ccc(COc3ccc(-c4cc(F)c(F)cc4OC)cc3)cc12. The summed E-state index contributed by atoms with van der Waals surface area (Å²) in [6, 6.07) is 14.7. The number of carbonyl (C=O) groups excluding carboxylic acids is 1. The predicted molar refractivity (Wildman–Crippen MR) is 142 cm³/mol. The van der Waals surface area contributed by atoms with E-state index < -0.39 is 11.6 Å². The number of rotatable bonds is 13. The van der Waals surface area contributed by atoms with Crippen LogP contribution < -0.4 is 14.4 Å². The Kier molecular flexibility index (Phi) is 9.32. The fourth-order valence-electron chi connectivity index (χ4n) is 4.13. The van der Waals surface area contributed by atoms with Gasteiger partial charge in [0.2, 0.25) is 0 Å². The number of hydrogen-bond acceptors (Lipinski definition) is 8. The number of carbonyl (C=O) groups is 1. The Hall–Kier alpha value is -4.18. The number of fused-ring (bicyclic) bond motifs is 1. The number of halogens is 2. The largest absolute Gasteiger partial charge is 0.496 e. The maximum absolute atomic E-state index is 13.8. The molecule has 0 unspecified atom stereocenters. The van der Waals surface area contributed by atoms with Gasteiger partial charge in [0.15, 0.2) is 23.0 Å². The molecule has 8 nitrogen and oxygen atoms in total. The van der Waals surface area contributed by atoms with Gasteiger partial charge in [-0.25, -0.2) is 8.78 Å². The molecule has 0 spiro atoms. The van der Waals surface area contributed by atoms with Gasteiger partial charge in [-0.2, -0.15) is 0 Å². The molecule has 0 amide bonds. The molecule has 39 heavy (non-hydrogen) atoms. The van der Waals surface area contributed by atoms with Crippen molar-refractivity contribution >= 4 is 22.8 Å². The molecule has 0 fully saturated rings. The normalized spacial score (nSPS) is 11.0. The van der Waals surface area contributed by atoms with Crippen molar-refractivity contribution < 1.29 is 37.0 Å². The van der Waals surface area contributed by atoms with E-state index in [4.69, 9.17) is 23.5 Å². The van der Waals surface area contributed by atoms with Crippen LogP contribution in [0.2, 0.25) is 0 Å². The van der Waals surface area contributed by atoms with Crippen molar-refractivity contribution in [2.24, 2.45) is 0 Å². The van der Waals surface area contributed by atoms with Crippen LogP contribution in [0.5, 0.6) is 11.5 Å². The van der Waals surface area contributed by atoms with Gasteiger partial charge in [-0.1, -0.05) is 23.4 Å². The van der Waals surface area contributed by atoms with Crippen LogP contribution in [0.25, 0.3) is 22.1 Å². The number of methoxy groups -OCH3 is 2. The highest BCUT2D eigenvalue weighted by Gasteiger charge is 2.20. The third-order valence-electron chi connectivity index (χ3n) is 6.03. The van der Waals surface area contributed by atoms with Crippen molar-refractivity contribution in [1.82, 2.24) is 5.16 Å². The molecule has 0 radical (unpaired) electrons. The average Bonchev–Trinajstić information content (AvgIpc) is 3.36. The zero-order valence-electron chi connectivity index (χ0n) is 22.0. The number of hydrogen-bond donors (Lipinski definition) is 0. The van der Waals surface area contributed by atoms with Gasteiger partial charge < -0.3 is 28.4 Å². The first-order chi connectivity index (χ1) is 18.9. The second-order valence-electron chi connectivity index (χ2n) is 8.69. The van der Waals surface area contributed by atoms with Gasteiger partial charge in [0.05, 0.1) is 19.1 Å². The lowest BCUT2D eigenvalue weighted by atomic mass is 10.0. The average molecular weight is 541 g/mol. The highest BCUT2D eigenvalue weighted by atomic mass is 19.2. The summed E-state index contributed by atoms with van der Waals surface area (Å²) >= 11 is 0. The van der Waals surface area contributed by atoms with Crippen LogP contribution in [0.1, 0.15) is 18.9 Å². The smallest absolute Gasteiger partial charge is 0.325 e. The van der Waals surface area contributed by atoms with Gasteiger partial charge in [-0.05, 0) is 54.8 Å². The number of ether oxygens (including phenoxy) is 4. The van der Waals surface area contributed by atoms with Crippen molar-refractivity contribution in [2.45, 2.75) is 20.0 Å². The molecule has 0 saturated carbocycles. The third kappa shape index (κ3) is 6.83. The van der Waals surface area contributed by atoms with Crippen molar-refractivity contribution in [1.29, 1.82) is 0 Å². The Labute approximate surface area is 225 Å². The van der Waals surface area contributed by atoms with E-state index >= 15 is 0 Å². The highest BCUT2D eigenvalue weighted by Crippen LogP contribution is 2.33. The van der Waals surface area contributed by atoms with Crippen LogP contribution in [0.4, 0.5) is 14.6 Å². The summed E-state index contributed by atoms with van der Waals surface area (Å²) in [5.41, 5.74) is 2.54. The Bertz CT molecular complexity index is 1410. The van der Waals surface area contributed by atoms with E-state index in [-0.39, 0.29) is 24.9 Å². The predicted octanol–water partition coefficient (Wildman–Crippen LogP) is 5.77. The van der Waals surface area contributed by atoms with Crippen molar-refractivity contribution in [3.63, 3.8) is 0 Å². The molecular formula is C29H30F2N2O6. The van der Waals surface area contributed by atoms with Gasteiger partial charge in [-0.15, -0.1) is 0 Å². The molecule has 0 aliphatic carbocycles. The second kappa shape index (κ2) is 13.1. The van der Waals surface area contributed by atoms with Crippen LogP contribution in [0, 0.1) is 11.6 Å². The molecule has 0 aliphatic rings. The van der Waals surface area contributed by atoms with Crippen LogP contribution in [0.15, 0.2) is 59.1 Å². The lowest BCUT2D eigenvalue weighted by molar-refractivity contribution is -0.141. The van der Waals surface area contributed by atoms with E-state index in [1.54, 1.807) is 44.4 Å². The summed E-state index contributed by atoms with van der Waals surface area (Å²) in [7, 11) is 3.03. The van der Waals surface area contributed by atoms with Crippen LogP contribution in [-0.2, 0) is 20.9 Å². The lowest BCUT2D eigenvalue weighted by Crippen LogP contribution is -2.32. The topological polar surface area (TPSA) is 83.3 Å². The zero-order valence-corrected chi connectivity index (χ0v) is 22.0. The number of nitrogens with zero attached hydrogens (tertiary/aromatic N) is 2. The van der Waals surface area contributed by atoms with E-state index in [0.717, 1.165) is 23.1 Å². The Balaban J connectivity index is 1.49. The summed E-state index contributed by atoms with van der Waals surface area (Å²) in [5.74, 6) is -0.901. The van der Waals surface area contributed by atoms with E-state index in [1.807, 2.05) is 17.0 Å². The fraction of sp³-hybridized carbons (Fsp3) is 0.310. The second-order valence-corrected chi connectivity index (χ2v) is 8.69. The Morgan fingerprint density at radius 2 is 1.79 bits per heavy atom. The fourth-order valence-corrected chi connectivity index (χ4v) is 4.13. The molecule has 0 atom stereocenters. The summed E-state index contributed by atoms with van der Waals surface area (Å²) in [6.07, 6.45) is 0.694. The Morgan fingerprint density at radius 1 is 1.03 bits per heavy atom. The first-order valence-electron chi connectivity index (χ1n) is 12.5. The number of esters is 1. The zero-order chi connectivity index (χ0) is 27.8. The lowest BCUT2D eigenvalue weighted by Gasteiger charge is -2.21. The van der Waals surface area contributed by atoms with E-state index in [1.165, 1.54) is 7.11 Å². The van der Waals surface area contributed by atoms with E-state index in [0.29, 0.717) is 54.5 Å². The molecule has 1 heterocycles. The molecular weight excluding hydrogens is 510 g/mol. The van der Waals surface area contributed by atoms with Crippen molar-refractivity contribution in [2.75, 3.05) is 45.4 Å². The van der Waals surface area contributed by atoms with Crippen LogP contribution >= 0.6 is 0 Å². The number of benzene rings is 3. The molecule has 206 valence electrons. The molecule has 4 aromatic rings. The van der Waals surface area contributed by atoms with Crippen LogP contribution in [0.3, 0.4) is 0 Å². The number of anilines is 1. The maximum Gasteiger partial charge on any atom is 0.325 e. The quantitative estimate of drug-likeness (QED) is 0.156. The minimum Gasteiger partial charge on any atom is -0.496 e. The number of aromatic nitrogens is 1. The van der Waals surface area contributed by atoms with Gasteiger partial charge >= 0.3 is 5.97 Å². The van der Waals surface area contributed by atoms with E-state index in [9.17, 15) is 13.6 Å². The molecule has 0 aliphatic heterocycles. The molecule has 0 bridgehead atoms. The van der Waals surface area contributed by atoms with Gasteiger partial charge in [0.1, 0.15) is 24.7 Å². The molecule has 0 N–H and O–H groups in total. The summed E-state index contributed by atoms with van der Waals surface area (Å²) in [4.78, 5) is 14.0. The summed E-state index contributed by atoms with van der Waals surface area (Å²) < 4.78 is 54.3. The minimum absolute atomic E-state index is 0.0367. The molecule has 3 aromatic carbocycles. The highest BCUT2D eigenvalue weighted by molar-refractivity contribution is 5.90. The van der Waals surface area contributed by atoms with Crippen molar-refractivity contribution in [3.05, 3.63) is 71.8 Å². The van der Waals surface area contributed by atoms with Gasteiger partial charge in [-0.3, -0.25) is 4.79 Å². The third-order valence-corrected chi connectivity index (χ3v) is 6.03. The van der Waals surface area contributed by atoms with E-state index in [2.05, 4.69) is 5.16 Å².